The van der Waals surface area contributed by atoms with E-state index in [0.29, 0.717) is 12.5 Å². The largest absolute Gasteiger partial charge is 0.479 e. The molecule has 0 aromatic rings. The van der Waals surface area contributed by atoms with E-state index >= 15 is 0 Å². The maximum Gasteiger partial charge on any atom is 0.180 e. The lowest BCUT2D eigenvalue weighted by molar-refractivity contribution is 0.0666. The molecule has 1 unspecified atom stereocenters. The Labute approximate surface area is 59.2 Å². The highest BCUT2D eigenvalue weighted by Crippen LogP contribution is 2.07. The normalized spacial score (nSPS) is 27.5. The van der Waals surface area contributed by atoms with Crippen molar-refractivity contribution in [3.05, 3.63) is 0 Å². The van der Waals surface area contributed by atoms with Gasteiger partial charge in [0.2, 0.25) is 0 Å². The van der Waals surface area contributed by atoms with Crippen LogP contribution in [0.3, 0.4) is 0 Å². The molecule has 0 saturated carbocycles. The average molecular weight is 145 g/mol. The van der Waals surface area contributed by atoms with Gasteiger partial charge in [-0.25, -0.2) is 4.99 Å². The van der Waals surface area contributed by atoms with E-state index in [9.17, 15) is 0 Å². The monoisotopic (exact) mass is 145 g/mol. The van der Waals surface area contributed by atoms with Crippen molar-refractivity contribution in [1.82, 2.24) is 0 Å². The highest BCUT2D eigenvalue weighted by molar-refractivity contribution is 5.74. The Morgan fingerprint density at radius 2 is 2.60 bits per heavy atom. The van der Waals surface area contributed by atoms with Crippen molar-refractivity contribution in [3.63, 3.8) is 0 Å². The zero-order valence-electron chi connectivity index (χ0n) is 5.82. The number of rotatable bonds is 2. The number of aliphatic hydroxyl groups is 2. The molecule has 4 heteroatoms. The summed E-state index contributed by atoms with van der Waals surface area (Å²) in [6.45, 7) is 1.85. The number of ether oxygens (including phenoxy) is 1. The molecule has 0 saturated heterocycles. The van der Waals surface area contributed by atoms with Crippen molar-refractivity contribution in [1.29, 1.82) is 0 Å². The topological polar surface area (TPSA) is 62.1 Å². The molecule has 0 amide bonds. The molecule has 0 radical (unpaired) electrons. The third-order valence-electron chi connectivity index (χ3n) is 1.44. The van der Waals surface area contributed by atoms with Gasteiger partial charge < -0.3 is 14.9 Å². The smallest absolute Gasteiger partial charge is 0.180 e. The molecule has 0 spiro atoms. The van der Waals surface area contributed by atoms with Crippen LogP contribution in [-0.2, 0) is 4.74 Å². The number of nitrogens with zero attached hydrogens (tertiary/aromatic N) is 1. The summed E-state index contributed by atoms with van der Waals surface area (Å²) in [5.41, 5.74) is 0. The van der Waals surface area contributed by atoms with Crippen molar-refractivity contribution in [2.45, 2.75) is 19.1 Å². The van der Waals surface area contributed by atoms with Gasteiger partial charge in [-0.3, -0.25) is 0 Å². The van der Waals surface area contributed by atoms with E-state index in [2.05, 4.69) is 4.99 Å². The number of aliphatic hydroxyl groups excluding tert-OH is 2. The minimum absolute atomic E-state index is 0.259. The molecule has 1 rings (SSSR count). The highest BCUT2D eigenvalue weighted by atomic mass is 16.5. The third-order valence-corrected chi connectivity index (χ3v) is 1.44. The molecule has 0 fully saturated rings. The Morgan fingerprint density at radius 3 is 3.00 bits per heavy atom. The predicted octanol–water partition coefficient (Wildman–Crippen LogP) is -0.843. The van der Waals surface area contributed by atoms with Crippen LogP contribution in [0.2, 0.25) is 0 Å². The SMILES string of the molecule is CC1=NC([C@H](O)CO)CO1. The molecule has 2 atom stereocenters. The summed E-state index contributed by atoms with van der Waals surface area (Å²) in [6, 6.07) is -0.273. The van der Waals surface area contributed by atoms with Crippen LogP contribution in [0.1, 0.15) is 6.92 Å². The van der Waals surface area contributed by atoms with E-state index in [-0.39, 0.29) is 12.6 Å². The summed E-state index contributed by atoms with van der Waals surface area (Å²) in [5.74, 6) is 0.581. The summed E-state index contributed by atoms with van der Waals surface area (Å²) >= 11 is 0. The van der Waals surface area contributed by atoms with Crippen molar-refractivity contribution >= 4 is 5.90 Å². The van der Waals surface area contributed by atoms with Gasteiger partial charge in [-0.1, -0.05) is 0 Å². The fourth-order valence-corrected chi connectivity index (χ4v) is 0.833. The maximum atomic E-state index is 9.04. The third kappa shape index (κ3) is 1.46. The van der Waals surface area contributed by atoms with Crippen LogP contribution < -0.4 is 0 Å². The van der Waals surface area contributed by atoms with Gasteiger partial charge in [0.25, 0.3) is 0 Å². The van der Waals surface area contributed by atoms with E-state index in [1.807, 2.05) is 0 Å². The van der Waals surface area contributed by atoms with Crippen LogP contribution in [0, 0.1) is 0 Å². The second-order valence-electron chi connectivity index (χ2n) is 2.28. The molecule has 1 aliphatic heterocycles. The molecule has 0 aromatic heterocycles. The van der Waals surface area contributed by atoms with Gasteiger partial charge in [-0.2, -0.15) is 0 Å². The first-order chi connectivity index (χ1) is 4.74. The molecule has 1 aliphatic rings. The van der Waals surface area contributed by atoms with Crippen LogP contribution in [0.5, 0.6) is 0 Å². The van der Waals surface area contributed by atoms with Gasteiger partial charge in [-0.05, 0) is 0 Å². The van der Waals surface area contributed by atoms with Crippen LogP contribution in [0.15, 0.2) is 4.99 Å². The van der Waals surface area contributed by atoms with Crippen LogP contribution in [0.25, 0.3) is 0 Å². The number of aliphatic imine (C=N–C) groups is 1. The second kappa shape index (κ2) is 2.98. The minimum Gasteiger partial charge on any atom is -0.479 e. The highest BCUT2D eigenvalue weighted by Gasteiger charge is 2.23. The molecule has 1 heterocycles. The minimum atomic E-state index is -0.780. The average Bonchev–Trinajstić information content (AvgIpc) is 2.34. The summed E-state index contributed by atoms with van der Waals surface area (Å²) in [7, 11) is 0. The molecule has 58 valence electrons. The Morgan fingerprint density at radius 1 is 1.90 bits per heavy atom. The van der Waals surface area contributed by atoms with Crippen LogP contribution in [-0.4, -0.2) is 41.5 Å². The van der Waals surface area contributed by atoms with Gasteiger partial charge in [0.15, 0.2) is 5.90 Å². The molecule has 2 N–H and O–H groups in total. The first kappa shape index (κ1) is 7.50. The van der Waals surface area contributed by atoms with E-state index < -0.39 is 6.10 Å². The van der Waals surface area contributed by atoms with E-state index in [0.717, 1.165) is 0 Å². The molecule has 4 nitrogen and oxygen atoms in total. The Kier molecular flexibility index (Phi) is 2.24. The van der Waals surface area contributed by atoms with Crippen LogP contribution >= 0.6 is 0 Å². The van der Waals surface area contributed by atoms with Crippen molar-refractivity contribution in [2.24, 2.45) is 4.99 Å². The van der Waals surface area contributed by atoms with Crippen molar-refractivity contribution < 1.29 is 14.9 Å². The lowest BCUT2D eigenvalue weighted by atomic mass is 10.2. The van der Waals surface area contributed by atoms with Gasteiger partial charge in [0, 0.05) is 6.92 Å². The van der Waals surface area contributed by atoms with Gasteiger partial charge in [0.1, 0.15) is 18.8 Å². The predicted molar refractivity (Wildman–Crippen MR) is 35.9 cm³/mol. The molecule has 0 aliphatic carbocycles. The van der Waals surface area contributed by atoms with Crippen molar-refractivity contribution in [2.75, 3.05) is 13.2 Å². The first-order valence-electron chi connectivity index (χ1n) is 3.20. The maximum absolute atomic E-state index is 9.04. The fraction of sp³-hybridized carbons (Fsp3) is 0.833. The van der Waals surface area contributed by atoms with Crippen LogP contribution in [0.4, 0.5) is 0 Å². The van der Waals surface area contributed by atoms with Gasteiger partial charge >= 0.3 is 0 Å². The first-order valence-corrected chi connectivity index (χ1v) is 3.20. The fourth-order valence-electron chi connectivity index (χ4n) is 0.833. The number of hydrogen-bond acceptors (Lipinski definition) is 4. The number of hydrogen-bond donors (Lipinski definition) is 2. The summed E-state index contributed by atoms with van der Waals surface area (Å²) < 4.78 is 4.97. The molecular formula is C6H11NO3. The summed E-state index contributed by atoms with van der Waals surface area (Å²) in [4.78, 5) is 3.94. The lowest BCUT2D eigenvalue weighted by Crippen LogP contribution is -2.28. The summed E-state index contributed by atoms with van der Waals surface area (Å²) in [5, 5.41) is 17.5. The quantitative estimate of drug-likeness (QED) is 0.532. The summed E-state index contributed by atoms with van der Waals surface area (Å²) in [6.07, 6.45) is -0.780. The molecular weight excluding hydrogens is 134 g/mol. The standard InChI is InChI=1S/C6H11NO3/c1-4-7-5(3-10-4)6(9)2-8/h5-6,8-9H,2-3H2,1H3/t5?,6-/m1/s1. The lowest BCUT2D eigenvalue weighted by Gasteiger charge is -2.09. The van der Waals surface area contributed by atoms with Gasteiger partial charge in [0.05, 0.1) is 6.61 Å². The van der Waals surface area contributed by atoms with E-state index in [4.69, 9.17) is 14.9 Å². The zero-order valence-corrected chi connectivity index (χ0v) is 5.82. The molecule has 0 aromatic carbocycles. The van der Waals surface area contributed by atoms with E-state index in [1.165, 1.54) is 0 Å². The Hall–Kier alpha value is -0.610. The molecule has 0 bridgehead atoms. The van der Waals surface area contributed by atoms with Crippen molar-refractivity contribution in [3.8, 4) is 0 Å². The molecule has 10 heavy (non-hydrogen) atoms. The zero-order chi connectivity index (χ0) is 7.56. The van der Waals surface area contributed by atoms with Gasteiger partial charge in [-0.15, -0.1) is 0 Å². The Balaban J connectivity index is 2.44. The second-order valence-corrected chi connectivity index (χ2v) is 2.28. The van der Waals surface area contributed by atoms with E-state index in [1.54, 1.807) is 6.92 Å². The Bertz CT molecular complexity index is 146.